The normalized spacial score (nSPS) is 11.0. The molecule has 152 valence electrons. The fourth-order valence-electron chi connectivity index (χ4n) is 2.53. The molecule has 0 atom stereocenters. The highest BCUT2D eigenvalue weighted by Crippen LogP contribution is 2.40. The topological polar surface area (TPSA) is 80.6 Å². The van der Waals surface area contributed by atoms with Gasteiger partial charge in [-0.25, -0.2) is 0 Å². The lowest BCUT2D eigenvalue weighted by atomic mass is 10.1. The molecule has 0 unspecified atom stereocenters. The van der Waals surface area contributed by atoms with E-state index in [-0.39, 0.29) is 22.8 Å². The van der Waals surface area contributed by atoms with Gasteiger partial charge in [0.25, 0.3) is 5.91 Å². The molecular weight excluding hydrogens is 382 g/mol. The Morgan fingerprint density at radius 3 is 2.21 bits per heavy atom. The number of hydrogen-bond donors (Lipinski definition) is 1. The number of carbonyl (C=O) groups is 1. The van der Waals surface area contributed by atoms with Crippen molar-refractivity contribution in [1.29, 1.82) is 5.26 Å². The zero-order valence-electron chi connectivity index (χ0n) is 16.2. The molecule has 0 aliphatic rings. The van der Waals surface area contributed by atoms with Gasteiger partial charge in [0.2, 0.25) is 5.75 Å². The summed E-state index contributed by atoms with van der Waals surface area (Å²) in [7, 11) is 2.55. The van der Waals surface area contributed by atoms with E-state index >= 15 is 0 Å². The van der Waals surface area contributed by atoms with E-state index in [1.807, 2.05) is 25.1 Å². The summed E-state index contributed by atoms with van der Waals surface area (Å²) in [5.41, 5.74) is 1.82. The van der Waals surface area contributed by atoms with Gasteiger partial charge in [-0.1, -0.05) is 19.1 Å². The molecule has 1 amide bonds. The molecule has 2 aromatic carbocycles. The minimum Gasteiger partial charge on any atom is -0.493 e. The Hall–Kier alpha value is -3.60. The molecule has 2 aromatic rings. The van der Waals surface area contributed by atoms with Crippen molar-refractivity contribution in [2.24, 2.45) is 0 Å². The van der Waals surface area contributed by atoms with Crippen LogP contribution >= 0.6 is 0 Å². The first kappa shape index (κ1) is 21.7. The van der Waals surface area contributed by atoms with Gasteiger partial charge in [0, 0.05) is 5.69 Å². The van der Waals surface area contributed by atoms with Crippen LogP contribution in [0.1, 0.15) is 18.1 Å². The van der Waals surface area contributed by atoms with Crippen LogP contribution in [0.3, 0.4) is 0 Å². The molecule has 0 bridgehead atoms. The third-order valence-electron chi connectivity index (χ3n) is 3.99. The van der Waals surface area contributed by atoms with Crippen LogP contribution in [-0.4, -0.2) is 26.7 Å². The predicted octanol–water partition coefficient (Wildman–Crippen LogP) is 4.41. The smallest absolute Gasteiger partial charge is 0.387 e. The van der Waals surface area contributed by atoms with Crippen molar-refractivity contribution >= 4 is 17.7 Å². The summed E-state index contributed by atoms with van der Waals surface area (Å²) in [4.78, 5) is 12.4. The maximum atomic E-state index is 12.6. The van der Waals surface area contributed by atoms with Crippen molar-refractivity contribution in [3.63, 3.8) is 0 Å². The number of hydrogen-bond acceptors (Lipinski definition) is 5. The molecule has 8 heteroatoms. The number of rotatable bonds is 8. The molecule has 0 aromatic heterocycles. The van der Waals surface area contributed by atoms with Crippen molar-refractivity contribution in [2.45, 2.75) is 20.0 Å². The summed E-state index contributed by atoms with van der Waals surface area (Å²) in [5.74, 6) is -0.934. The molecule has 0 heterocycles. The van der Waals surface area contributed by atoms with E-state index in [0.717, 1.165) is 12.0 Å². The lowest BCUT2D eigenvalue weighted by Crippen LogP contribution is -2.13. The van der Waals surface area contributed by atoms with Crippen molar-refractivity contribution < 1.29 is 27.8 Å². The second-order valence-corrected chi connectivity index (χ2v) is 5.81. The quantitative estimate of drug-likeness (QED) is 0.522. The highest BCUT2D eigenvalue weighted by atomic mass is 19.3. The highest BCUT2D eigenvalue weighted by Gasteiger charge is 2.18. The summed E-state index contributed by atoms with van der Waals surface area (Å²) in [6.07, 6.45) is 2.17. The van der Waals surface area contributed by atoms with Crippen LogP contribution < -0.4 is 19.5 Å². The first-order chi connectivity index (χ1) is 13.9. The van der Waals surface area contributed by atoms with Gasteiger partial charge in [0.1, 0.15) is 11.6 Å². The molecule has 0 spiro atoms. The SMILES string of the molecule is CCc1ccc(NC(=O)/C(C#N)=C/c2cc(OC)c(OC(F)F)c(OC)c2)cc1. The summed E-state index contributed by atoms with van der Waals surface area (Å²) in [6.45, 7) is -1.05. The van der Waals surface area contributed by atoms with E-state index in [2.05, 4.69) is 10.1 Å². The Morgan fingerprint density at radius 1 is 1.17 bits per heavy atom. The predicted molar refractivity (Wildman–Crippen MR) is 104 cm³/mol. The summed E-state index contributed by atoms with van der Waals surface area (Å²) in [6, 6.07) is 11.8. The number of amides is 1. The Bertz CT molecular complexity index is 910. The molecule has 2 rings (SSSR count). The number of nitriles is 1. The van der Waals surface area contributed by atoms with E-state index in [1.54, 1.807) is 12.1 Å². The molecule has 0 fully saturated rings. The van der Waals surface area contributed by atoms with Gasteiger partial charge in [-0.05, 0) is 47.9 Å². The maximum Gasteiger partial charge on any atom is 0.387 e. The van der Waals surface area contributed by atoms with E-state index in [4.69, 9.17) is 9.47 Å². The van der Waals surface area contributed by atoms with Crippen LogP contribution in [-0.2, 0) is 11.2 Å². The van der Waals surface area contributed by atoms with Gasteiger partial charge < -0.3 is 19.5 Å². The lowest BCUT2D eigenvalue weighted by molar-refractivity contribution is -0.112. The number of aryl methyl sites for hydroxylation is 1. The Balaban J connectivity index is 2.33. The summed E-state index contributed by atoms with van der Waals surface area (Å²) in [5, 5.41) is 12.0. The van der Waals surface area contributed by atoms with Crippen LogP contribution in [0.4, 0.5) is 14.5 Å². The van der Waals surface area contributed by atoms with E-state index in [9.17, 15) is 18.8 Å². The standard InChI is InChI=1S/C21H20F2N2O4/c1-4-13-5-7-16(8-6-13)25-20(26)15(12-24)9-14-10-17(27-2)19(29-21(22)23)18(11-14)28-3/h5-11,21H,4H2,1-3H3,(H,25,26)/b15-9+. The largest absolute Gasteiger partial charge is 0.493 e. The average Bonchev–Trinajstić information content (AvgIpc) is 2.72. The fraction of sp³-hybridized carbons (Fsp3) is 0.238. The maximum absolute atomic E-state index is 12.6. The van der Waals surface area contributed by atoms with Gasteiger partial charge in [-0.3, -0.25) is 4.79 Å². The van der Waals surface area contributed by atoms with Crippen LogP contribution in [0.25, 0.3) is 6.08 Å². The van der Waals surface area contributed by atoms with Gasteiger partial charge in [0.15, 0.2) is 11.5 Å². The average molecular weight is 402 g/mol. The van der Waals surface area contributed by atoms with E-state index < -0.39 is 12.5 Å². The molecule has 0 radical (unpaired) electrons. The molecule has 0 aliphatic heterocycles. The highest BCUT2D eigenvalue weighted by molar-refractivity contribution is 6.09. The second-order valence-electron chi connectivity index (χ2n) is 5.81. The number of ether oxygens (including phenoxy) is 3. The van der Waals surface area contributed by atoms with Gasteiger partial charge in [-0.2, -0.15) is 14.0 Å². The number of anilines is 1. The number of carbonyl (C=O) groups excluding carboxylic acids is 1. The first-order valence-corrected chi connectivity index (χ1v) is 8.64. The van der Waals surface area contributed by atoms with Crippen molar-refractivity contribution in [3.8, 4) is 23.3 Å². The van der Waals surface area contributed by atoms with Crippen LogP contribution in [0.5, 0.6) is 17.2 Å². The molecule has 6 nitrogen and oxygen atoms in total. The van der Waals surface area contributed by atoms with Gasteiger partial charge in [0.05, 0.1) is 14.2 Å². The molecule has 0 saturated heterocycles. The zero-order valence-corrected chi connectivity index (χ0v) is 16.2. The third kappa shape index (κ3) is 5.69. The third-order valence-corrected chi connectivity index (χ3v) is 3.99. The van der Waals surface area contributed by atoms with Crippen molar-refractivity contribution in [1.82, 2.24) is 0 Å². The van der Waals surface area contributed by atoms with E-state index in [1.165, 1.54) is 32.4 Å². The molecule has 29 heavy (non-hydrogen) atoms. The lowest BCUT2D eigenvalue weighted by Gasteiger charge is -2.14. The minimum atomic E-state index is -3.07. The first-order valence-electron chi connectivity index (χ1n) is 8.64. The van der Waals surface area contributed by atoms with Gasteiger partial charge in [-0.15, -0.1) is 0 Å². The van der Waals surface area contributed by atoms with Crippen LogP contribution in [0.2, 0.25) is 0 Å². The number of nitrogens with zero attached hydrogens (tertiary/aromatic N) is 1. The number of nitrogens with one attached hydrogen (secondary N) is 1. The Labute approximate surface area is 167 Å². The van der Waals surface area contributed by atoms with Crippen molar-refractivity contribution in [2.75, 3.05) is 19.5 Å². The zero-order chi connectivity index (χ0) is 21.4. The van der Waals surface area contributed by atoms with Crippen molar-refractivity contribution in [3.05, 3.63) is 53.1 Å². The number of alkyl halides is 2. The molecule has 0 aliphatic carbocycles. The van der Waals surface area contributed by atoms with E-state index in [0.29, 0.717) is 11.3 Å². The minimum absolute atomic E-state index is 0.0243. The number of halogens is 2. The second kappa shape index (κ2) is 10.1. The fourth-order valence-corrected chi connectivity index (χ4v) is 2.53. The van der Waals surface area contributed by atoms with Crippen LogP contribution in [0, 0.1) is 11.3 Å². The Morgan fingerprint density at radius 2 is 1.76 bits per heavy atom. The molecule has 1 N–H and O–H groups in total. The monoisotopic (exact) mass is 402 g/mol. The number of benzene rings is 2. The molecular formula is C21H20F2N2O4. The summed E-state index contributed by atoms with van der Waals surface area (Å²) >= 11 is 0. The van der Waals surface area contributed by atoms with Gasteiger partial charge >= 0.3 is 6.61 Å². The Kier molecular flexibility index (Phi) is 7.54. The summed E-state index contributed by atoms with van der Waals surface area (Å²) < 4.78 is 39.9. The van der Waals surface area contributed by atoms with Crippen LogP contribution in [0.15, 0.2) is 42.0 Å². The molecule has 0 saturated carbocycles. The number of methoxy groups -OCH3 is 2.